The Morgan fingerprint density at radius 3 is 2.81 bits per heavy atom. The normalized spacial score (nSPS) is 17.9. The van der Waals surface area contributed by atoms with E-state index in [-0.39, 0.29) is 11.7 Å². The topological polar surface area (TPSA) is 49.3 Å². The van der Waals surface area contributed by atoms with Crippen LogP contribution >= 0.6 is 39.9 Å². The smallest absolute Gasteiger partial charge is 0.263 e. The van der Waals surface area contributed by atoms with Gasteiger partial charge in [-0.3, -0.25) is 4.79 Å². The lowest BCUT2D eigenvalue weighted by Gasteiger charge is -1.99. The minimum absolute atomic E-state index is 0.168. The molecule has 1 aromatic rings. The Bertz CT molecular complexity index is 514. The summed E-state index contributed by atoms with van der Waals surface area (Å²) in [5.74, 6) is -0.0135. The number of phenols is 1. The maximum atomic E-state index is 11.4. The van der Waals surface area contributed by atoms with Gasteiger partial charge in [-0.05, 0) is 39.7 Å². The predicted octanol–water partition coefficient (Wildman–Crippen LogP) is 2.64. The molecule has 0 bridgehead atoms. The van der Waals surface area contributed by atoms with Crippen molar-refractivity contribution in [3.05, 3.63) is 33.1 Å². The van der Waals surface area contributed by atoms with Crippen LogP contribution in [0.4, 0.5) is 0 Å². The predicted molar refractivity (Wildman–Crippen MR) is 72.1 cm³/mol. The third kappa shape index (κ3) is 2.45. The number of thiocarbonyl (C=S) groups is 1. The molecule has 0 aromatic heterocycles. The molecule has 1 heterocycles. The number of aromatic hydroxyl groups is 1. The van der Waals surface area contributed by atoms with Crippen LogP contribution in [0.1, 0.15) is 5.56 Å². The first-order chi connectivity index (χ1) is 7.56. The largest absolute Gasteiger partial charge is 0.507 e. The zero-order chi connectivity index (χ0) is 11.7. The van der Waals surface area contributed by atoms with E-state index in [1.807, 2.05) is 0 Å². The van der Waals surface area contributed by atoms with Crippen LogP contribution in [0, 0.1) is 0 Å². The van der Waals surface area contributed by atoms with E-state index >= 15 is 0 Å². The number of carbonyl (C=O) groups excluding carboxylic acids is 1. The van der Waals surface area contributed by atoms with E-state index in [1.165, 1.54) is 11.8 Å². The molecule has 3 nitrogen and oxygen atoms in total. The van der Waals surface area contributed by atoms with Crippen LogP contribution in [-0.2, 0) is 4.79 Å². The summed E-state index contributed by atoms with van der Waals surface area (Å²) in [4.78, 5) is 12.0. The molecule has 6 heteroatoms. The van der Waals surface area contributed by atoms with Crippen LogP contribution < -0.4 is 5.32 Å². The molecule has 0 unspecified atom stereocenters. The zero-order valence-electron chi connectivity index (χ0n) is 7.86. The second kappa shape index (κ2) is 4.57. The van der Waals surface area contributed by atoms with Gasteiger partial charge in [0.1, 0.15) is 10.1 Å². The summed E-state index contributed by atoms with van der Waals surface area (Å²) in [5.41, 5.74) is 0.826. The second-order valence-corrected chi connectivity index (χ2v) is 5.64. The first kappa shape index (κ1) is 11.6. The Labute approximate surface area is 110 Å². The highest BCUT2D eigenvalue weighted by atomic mass is 79.9. The number of rotatable bonds is 1. The van der Waals surface area contributed by atoms with Crippen molar-refractivity contribution in [1.29, 1.82) is 0 Å². The van der Waals surface area contributed by atoms with E-state index in [0.29, 0.717) is 13.7 Å². The summed E-state index contributed by atoms with van der Waals surface area (Å²) in [6, 6.07) is 5.02. The average Bonchev–Trinajstić information content (AvgIpc) is 2.51. The Balaban J connectivity index is 2.32. The van der Waals surface area contributed by atoms with Crippen molar-refractivity contribution in [2.24, 2.45) is 0 Å². The Morgan fingerprint density at radius 2 is 2.25 bits per heavy atom. The van der Waals surface area contributed by atoms with Gasteiger partial charge in [-0.25, -0.2) is 0 Å². The maximum absolute atomic E-state index is 11.4. The monoisotopic (exact) mass is 315 g/mol. The van der Waals surface area contributed by atoms with Gasteiger partial charge in [-0.15, -0.1) is 0 Å². The minimum atomic E-state index is -0.181. The van der Waals surface area contributed by atoms with E-state index in [2.05, 4.69) is 21.2 Å². The second-order valence-electron chi connectivity index (χ2n) is 3.06. The Kier molecular flexibility index (Phi) is 3.32. The highest BCUT2D eigenvalue weighted by molar-refractivity contribution is 9.10. The summed E-state index contributed by atoms with van der Waals surface area (Å²) in [5, 5.41) is 11.9. The zero-order valence-corrected chi connectivity index (χ0v) is 11.1. The summed E-state index contributed by atoms with van der Waals surface area (Å²) >= 11 is 9.32. The molecular formula is C10H6BrNO2S2. The quantitative estimate of drug-likeness (QED) is 0.618. The number of amides is 1. The molecule has 1 aliphatic heterocycles. The molecule has 82 valence electrons. The lowest BCUT2D eigenvalue weighted by atomic mass is 10.2. The van der Waals surface area contributed by atoms with Crippen LogP contribution in [0.25, 0.3) is 6.08 Å². The summed E-state index contributed by atoms with van der Waals surface area (Å²) in [6.45, 7) is 0. The van der Waals surface area contributed by atoms with Crippen molar-refractivity contribution in [2.75, 3.05) is 0 Å². The first-order valence-electron chi connectivity index (χ1n) is 4.29. The van der Waals surface area contributed by atoms with Gasteiger partial charge in [-0.1, -0.05) is 30.0 Å². The molecule has 2 N–H and O–H groups in total. The van der Waals surface area contributed by atoms with Crippen molar-refractivity contribution >= 4 is 56.2 Å². The van der Waals surface area contributed by atoms with E-state index < -0.39 is 0 Å². The van der Waals surface area contributed by atoms with E-state index in [1.54, 1.807) is 24.3 Å². The number of benzene rings is 1. The third-order valence-corrected chi connectivity index (χ3v) is 3.71. The highest BCUT2D eigenvalue weighted by Gasteiger charge is 2.21. The fraction of sp³-hybridized carbons (Fsp3) is 0. The molecule has 1 aromatic carbocycles. The number of hydrogen-bond acceptors (Lipinski definition) is 4. The van der Waals surface area contributed by atoms with Crippen molar-refractivity contribution < 1.29 is 9.90 Å². The number of halogens is 1. The molecule has 1 fully saturated rings. The molecule has 0 saturated carbocycles. The number of carbonyl (C=O) groups is 1. The number of nitrogens with one attached hydrogen (secondary N) is 1. The van der Waals surface area contributed by atoms with Crippen molar-refractivity contribution in [3.63, 3.8) is 0 Å². The molecule has 0 atom stereocenters. The average molecular weight is 316 g/mol. The van der Waals surface area contributed by atoms with Crippen LogP contribution in [0.5, 0.6) is 5.75 Å². The molecular weight excluding hydrogens is 310 g/mol. The third-order valence-electron chi connectivity index (χ3n) is 1.91. The number of phenolic OH excluding ortho intramolecular Hbond substituents is 1. The maximum Gasteiger partial charge on any atom is 0.263 e. The van der Waals surface area contributed by atoms with E-state index in [4.69, 9.17) is 12.2 Å². The lowest BCUT2D eigenvalue weighted by Crippen LogP contribution is -2.17. The van der Waals surface area contributed by atoms with E-state index in [0.717, 1.165) is 5.56 Å². The van der Waals surface area contributed by atoms with Gasteiger partial charge in [-0.2, -0.15) is 0 Å². The number of thioether (sulfide) groups is 1. The molecule has 16 heavy (non-hydrogen) atoms. The summed E-state index contributed by atoms with van der Waals surface area (Å²) in [6.07, 6.45) is 1.73. The van der Waals surface area contributed by atoms with Crippen molar-refractivity contribution in [2.45, 2.75) is 0 Å². The van der Waals surface area contributed by atoms with Crippen molar-refractivity contribution in [1.82, 2.24) is 5.32 Å². The summed E-state index contributed by atoms with van der Waals surface area (Å²) < 4.78 is 1.06. The van der Waals surface area contributed by atoms with Gasteiger partial charge < -0.3 is 10.4 Å². The molecule has 0 spiro atoms. The van der Waals surface area contributed by atoms with Gasteiger partial charge in [0.15, 0.2) is 0 Å². The minimum Gasteiger partial charge on any atom is -0.507 e. The van der Waals surface area contributed by atoms with Gasteiger partial charge in [0.05, 0.1) is 9.38 Å². The first-order valence-corrected chi connectivity index (χ1v) is 6.31. The molecule has 1 amide bonds. The molecule has 0 radical (unpaired) electrons. The molecule has 1 aliphatic rings. The standard InChI is InChI=1S/C10H6BrNO2S2/c11-6-3-5(1-2-7(6)13)4-8-9(14)12-10(15)16-8/h1-4,13H,(H,12,14,15)/b8-4+. The van der Waals surface area contributed by atoms with Gasteiger partial charge in [0.2, 0.25) is 0 Å². The van der Waals surface area contributed by atoms with Crippen molar-refractivity contribution in [3.8, 4) is 5.75 Å². The van der Waals surface area contributed by atoms with Crippen LogP contribution in [0.3, 0.4) is 0 Å². The van der Waals surface area contributed by atoms with Crippen LogP contribution in [0.2, 0.25) is 0 Å². The summed E-state index contributed by atoms with van der Waals surface area (Å²) in [7, 11) is 0. The van der Waals surface area contributed by atoms with Crippen LogP contribution in [-0.4, -0.2) is 15.3 Å². The van der Waals surface area contributed by atoms with E-state index in [9.17, 15) is 9.90 Å². The Hall–Kier alpha value is -0.850. The lowest BCUT2D eigenvalue weighted by molar-refractivity contribution is -0.115. The molecule has 2 rings (SSSR count). The fourth-order valence-electron chi connectivity index (χ4n) is 1.19. The number of hydrogen-bond donors (Lipinski definition) is 2. The molecule has 1 saturated heterocycles. The van der Waals surface area contributed by atoms with Gasteiger partial charge in [0.25, 0.3) is 5.91 Å². The fourth-order valence-corrected chi connectivity index (χ4v) is 2.63. The van der Waals surface area contributed by atoms with Gasteiger partial charge >= 0.3 is 0 Å². The Morgan fingerprint density at radius 1 is 1.50 bits per heavy atom. The van der Waals surface area contributed by atoms with Crippen LogP contribution in [0.15, 0.2) is 27.6 Å². The molecule has 0 aliphatic carbocycles. The SMILES string of the molecule is O=C1NC(=S)S/C1=C/c1ccc(O)c(Br)c1. The highest BCUT2D eigenvalue weighted by Crippen LogP contribution is 2.29. The van der Waals surface area contributed by atoms with Gasteiger partial charge in [0, 0.05) is 0 Å².